The number of nitrogens with zero attached hydrogens (tertiary/aromatic N) is 1. The average molecular weight is 221 g/mol. The van der Waals surface area contributed by atoms with E-state index < -0.39 is 12.1 Å². The predicted molar refractivity (Wildman–Crippen MR) is 60.9 cm³/mol. The molecule has 0 bridgehead atoms. The standard InChI is InChI=1S/C13H16FNO/c1-13(10-6-4-3-5-7-10)8-11(14)12(16)15(2)9-13/h3-7,11H,8-9H2,1-2H3. The zero-order valence-electron chi connectivity index (χ0n) is 9.61. The second-order valence-corrected chi connectivity index (χ2v) is 4.79. The fraction of sp³-hybridized carbons (Fsp3) is 0.462. The molecule has 1 aromatic carbocycles. The molecular weight excluding hydrogens is 205 g/mol. The number of carbonyl (C=O) groups is 1. The maximum atomic E-state index is 13.6. The van der Waals surface area contributed by atoms with Crippen molar-refractivity contribution >= 4 is 5.91 Å². The van der Waals surface area contributed by atoms with Gasteiger partial charge in [-0.15, -0.1) is 0 Å². The van der Waals surface area contributed by atoms with Crippen molar-refractivity contribution < 1.29 is 9.18 Å². The van der Waals surface area contributed by atoms with Crippen molar-refractivity contribution in [2.75, 3.05) is 13.6 Å². The second kappa shape index (κ2) is 3.89. The van der Waals surface area contributed by atoms with Gasteiger partial charge in [-0.05, 0) is 12.0 Å². The summed E-state index contributed by atoms with van der Waals surface area (Å²) in [4.78, 5) is 12.9. The van der Waals surface area contributed by atoms with Gasteiger partial charge in [0.15, 0.2) is 6.17 Å². The maximum absolute atomic E-state index is 13.6. The minimum absolute atomic E-state index is 0.274. The van der Waals surface area contributed by atoms with Crippen LogP contribution in [0.1, 0.15) is 18.9 Å². The summed E-state index contributed by atoms with van der Waals surface area (Å²) < 4.78 is 13.6. The number of rotatable bonds is 1. The Hall–Kier alpha value is -1.38. The van der Waals surface area contributed by atoms with Crippen molar-refractivity contribution in [3.05, 3.63) is 35.9 Å². The smallest absolute Gasteiger partial charge is 0.256 e. The molecule has 2 nitrogen and oxygen atoms in total. The van der Waals surface area contributed by atoms with Gasteiger partial charge in [-0.3, -0.25) is 4.79 Å². The minimum Gasteiger partial charge on any atom is -0.342 e. The number of alkyl halides is 1. The largest absolute Gasteiger partial charge is 0.342 e. The fourth-order valence-corrected chi connectivity index (χ4v) is 2.44. The van der Waals surface area contributed by atoms with Crippen molar-refractivity contribution in [3.8, 4) is 0 Å². The van der Waals surface area contributed by atoms with E-state index in [2.05, 4.69) is 0 Å². The van der Waals surface area contributed by atoms with Crippen LogP contribution in [-0.4, -0.2) is 30.6 Å². The fourth-order valence-electron chi connectivity index (χ4n) is 2.44. The highest BCUT2D eigenvalue weighted by Crippen LogP contribution is 2.34. The summed E-state index contributed by atoms with van der Waals surface area (Å²) >= 11 is 0. The van der Waals surface area contributed by atoms with Crippen LogP contribution < -0.4 is 0 Å². The van der Waals surface area contributed by atoms with Crippen LogP contribution in [0.5, 0.6) is 0 Å². The Morgan fingerprint density at radius 3 is 2.56 bits per heavy atom. The number of carbonyl (C=O) groups excluding carboxylic acids is 1. The molecule has 1 heterocycles. The monoisotopic (exact) mass is 221 g/mol. The molecule has 3 heteroatoms. The van der Waals surface area contributed by atoms with Gasteiger partial charge in [-0.25, -0.2) is 4.39 Å². The third-order valence-corrected chi connectivity index (χ3v) is 3.33. The Bertz CT molecular complexity index is 376. The summed E-state index contributed by atoms with van der Waals surface area (Å²) in [5, 5.41) is 0. The number of benzene rings is 1. The van der Waals surface area contributed by atoms with Crippen LogP contribution in [0, 0.1) is 0 Å². The highest BCUT2D eigenvalue weighted by atomic mass is 19.1. The lowest BCUT2D eigenvalue weighted by atomic mass is 9.75. The molecule has 0 N–H and O–H groups in total. The normalized spacial score (nSPS) is 30.6. The first kappa shape index (κ1) is 11.1. The van der Waals surface area contributed by atoms with E-state index in [1.165, 1.54) is 4.90 Å². The van der Waals surface area contributed by atoms with E-state index in [-0.39, 0.29) is 11.8 Å². The Morgan fingerprint density at radius 2 is 2.00 bits per heavy atom. The van der Waals surface area contributed by atoms with Gasteiger partial charge in [0.2, 0.25) is 0 Å². The maximum Gasteiger partial charge on any atom is 0.256 e. The van der Waals surface area contributed by atoms with Crippen LogP contribution in [0.15, 0.2) is 30.3 Å². The van der Waals surface area contributed by atoms with Crippen LogP contribution in [0.4, 0.5) is 4.39 Å². The molecule has 0 saturated carbocycles. The summed E-state index contributed by atoms with van der Waals surface area (Å²) in [6, 6.07) is 9.83. The van der Waals surface area contributed by atoms with E-state index in [0.29, 0.717) is 6.54 Å². The molecule has 1 aliphatic rings. The number of halogens is 1. The van der Waals surface area contributed by atoms with Crippen LogP contribution in [-0.2, 0) is 10.2 Å². The molecule has 0 radical (unpaired) electrons. The summed E-state index contributed by atoms with van der Waals surface area (Å²) in [5.41, 5.74) is 0.820. The van der Waals surface area contributed by atoms with Crippen LogP contribution in [0.25, 0.3) is 0 Å². The highest BCUT2D eigenvalue weighted by molar-refractivity contribution is 5.82. The van der Waals surface area contributed by atoms with Crippen molar-refractivity contribution in [1.82, 2.24) is 4.90 Å². The third-order valence-electron chi connectivity index (χ3n) is 3.33. The Balaban J connectivity index is 2.30. The first-order valence-corrected chi connectivity index (χ1v) is 5.47. The lowest BCUT2D eigenvalue weighted by Crippen LogP contribution is -2.51. The molecule has 2 rings (SSSR count). The molecular formula is C13H16FNO. The molecule has 0 aromatic heterocycles. The molecule has 86 valence electrons. The molecule has 0 spiro atoms. The Labute approximate surface area is 95.1 Å². The quantitative estimate of drug-likeness (QED) is 0.711. The third kappa shape index (κ3) is 1.82. The van der Waals surface area contributed by atoms with Gasteiger partial charge < -0.3 is 4.90 Å². The molecule has 2 atom stereocenters. The van der Waals surface area contributed by atoms with Gasteiger partial charge in [-0.2, -0.15) is 0 Å². The Morgan fingerprint density at radius 1 is 1.38 bits per heavy atom. The SMILES string of the molecule is CN1CC(C)(c2ccccc2)CC(F)C1=O. The summed E-state index contributed by atoms with van der Waals surface area (Å²) in [6.07, 6.45) is -1.09. The van der Waals surface area contributed by atoms with E-state index in [1.54, 1.807) is 7.05 Å². The first-order chi connectivity index (χ1) is 7.53. The number of hydrogen-bond acceptors (Lipinski definition) is 1. The lowest BCUT2D eigenvalue weighted by molar-refractivity contribution is -0.140. The second-order valence-electron chi connectivity index (χ2n) is 4.79. The molecule has 1 amide bonds. The van der Waals surface area contributed by atoms with Crippen molar-refractivity contribution in [1.29, 1.82) is 0 Å². The number of likely N-dealkylation sites (tertiary alicyclic amines) is 1. The zero-order chi connectivity index (χ0) is 11.8. The highest BCUT2D eigenvalue weighted by Gasteiger charge is 2.41. The van der Waals surface area contributed by atoms with Crippen molar-refractivity contribution in [2.24, 2.45) is 0 Å². The lowest BCUT2D eigenvalue weighted by Gasteiger charge is -2.40. The molecule has 2 unspecified atom stereocenters. The van der Waals surface area contributed by atoms with Gasteiger partial charge in [-0.1, -0.05) is 37.3 Å². The summed E-state index contributed by atoms with van der Waals surface area (Å²) in [7, 11) is 1.66. The number of hydrogen-bond donors (Lipinski definition) is 0. The zero-order valence-corrected chi connectivity index (χ0v) is 9.61. The molecule has 16 heavy (non-hydrogen) atoms. The van der Waals surface area contributed by atoms with Crippen LogP contribution >= 0.6 is 0 Å². The predicted octanol–water partition coefficient (Wildman–Crippen LogP) is 2.14. The van der Waals surface area contributed by atoms with E-state index in [1.807, 2.05) is 37.3 Å². The first-order valence-electron chi connectivity index (χ1n) is 5.47. The van der Waals surface area contributed by atoms with Crippen LogP contribution in [0.2, 0.25) is 0 Å². The van der Waals surface area contributed by atoms with Gasteiger partial charge in [0.05, 0.1) is 0 Å². The topological polar surface area (TPSA) is 20.3 Å². The van der Waals surface area contributed by atoms with Gasteiger partial charge >= 0.3 is 0 Å². The summed E-state index contributed by atoms with van der Waals surface area (Å²) in [5.74, 6) is -0.395. The van der Waals surface area contributed by atoms with Crippen LogP contribution in [0.3, 0.4) is 0 Å². The number of amides is 1. The number of likely N-dealkylation sites (N-methyl/N-ethyl adjacent to an activating group) is 1. The average Bonchev–Trinajstić information content (AvgIpc) is 2.27. The molecule has 1 saturated heterocycles. The molecule has 1 fully saturated rings. The van der Waals surface area contributed by atoms with Crippen molar-refractivity contribution in [2.45, 2.75) is 24.9 Å². The minimum atomic E-state index is -1.37. The molecule has 1 aliphatic heterocycles. The van der Waals surface area contributed by atoms with Gasteiger partial charge in [0.1, 0.15) is 0 Å². The van der Waals surface area contributed by atoms with Gasteiger partial charge in [0, 0.05) is 19.0 Å². The van der Waals surface area contributed by atoms with E-state index >= 15 is 0 Å². The van der Waals surface area contributed by atoms with Gasteiger partial charge in [0.25, 0.3) is 5.91 Å². The molecule has 1 aromatic rings. The Kier molecular flexibility index (Phi) is 2.70. The summed E-state index contributed by atoms with van der Waals surface area (Å²) in [6.45, 7) is 2.59. The van der Waals surface area contributed by atoms with E-state index in [4.69, 9.17) is 0 Å². The van der Waals surface area contributed by atoms with E-state index in [0.717, 1.165) is 5.56 Å². The van der Waals surface area contributed by atoms with Crippen molar-refractivity contribution in [3.63, 3.8) is 0 Å². The molecule has 0 aliphatic carbocycles. The van der Waals surface area contributed by atoms with E-state index in [9.17, 15) is 9.18 Å². The number of piperidine rings is 1.